The Morgan fingerprint density at radius 3 is 2.69 bits per heavy atom. The number of hydrogen-bond donors (Lipinski definition) is 1. The van der Waals surface area contributed by atoms with Crippen LogP contribution < -0.4 is 5.32 Å². The normalized spacial score (nSPS) is 9.81. The van der Waals surface area contributed by atoms with Crippen molar-refractivity contribution in [3.05, 3.63) is 54.2 Å². The molecule has 1 N–H and O–H groups in total. The first-order valence-corrected chi connectivity index (χ1v) is 4.59. The molecular weight excluding hydrogens is 209 g/mol. The second-order valence-electron chi connectivity index (χ2n) is 3.04. The van der Waals surface area contributed by atoms with Gasteiger partial charge in [-0.2, -0.15) is 4.39 Å². The van der Waals surface area contributed by atoms with Crippen LogP contribution in [0.25, 0.3) is 0 Å². The molecule has 0 radical (unpaired) electrons. The van der Waals surface area contributed by atoms with Gasteiger partial charge >= 0.3 is 0 Å². The van der Waals surface area contributed by atoms with Gasteiger partial charge in [0, 0.05) is 12.4 Å². The molecule has 0 atom stereocenters. The SMILES string of the molecule is O=C(Nc1ccccn1)c1ccc(F)nc1. The van der Waals surface area contributed by atoms with Gasteiger partial charge in [0.25, 0.3) is 5.91 Å². The van der Waals surface area contributed by atoms with Crippen LogP contribution in [0.4, 0.5) is 10.2 Å². The monoisotopic (exact) mass is 217 g/mol. The third-order valence-electron chi connectivity index (χ3n) is 1.90. The first-order valence-electron chi connectivity index (χ1n) is 4.59. The molecule has 16 heavy (non-hydrogen) atoms. The van der Waals surface area contributed by atoms with Gasteiger partial charge < -0.3 is 5.32 Å². The fourth-order valence-electron chi connectivity index (χ4n) is 1.14. The van der Waals surface area contributed by atoms with Gasteiger partial charge in [0.05, 0.1) is 5.56 Å². The summed E-state index contributed by atoms with van der Waals surface area (Å²) in [6.45, 7) is 0. The van der Waals surface area contributed by atoms with Crippen molar-refractivity contribution in [2.75, 3.05) is 5.32 Å². The number of pyridine rings is 2. The molecule has 0 saturated carbocycles. The number of hydrogen-bond acceptors (Lipinski definition) is 3. The minimum absolute atomic E-state index is 0.284. The molecule has 2 heterocycles. The minimum Gasteiger partial charge on any atom is -0.307 e. The van der Waals surface area contributed by atoms with E-state index in [2.05, 4.69) is 15.3 Å². The maximum atomic E-state index is 12.5. The lowest BCUT2D eigenvalue weighted by Gasteiger charge is -2.02. The summed E-state index contributed by atoms with van der Waals surface area (Å²) in [5, 5.41) is 2.57. The van der Waals surface area contributed by atoms with Gasteiger partial charge in [-0.1, -0.05) is 6.07 Å². The minimum atomic E-state index is -0.616. The smallest absolute Gasteiger partial charge is 0.258 e. The number of carbonyl (C=O) groups excluding carboxylic acids is 1. The van der Waals surface area contributed by atoms with Gasteiger partial charge in [0.15, 0.2) is 0 Å². The highest BCUT2D eigenvalue weighted by atomic mass is 19.1. The van der Waals surface area contributed by atoms with E-state index in [1.807, 2.05) is 0 Å². The summed E-state index contributed by atoms with van der Waals surface area (Å²) in [5.41, 5.74) is 0.284. The Morgan fingerprint density at radius 2 is 2.06 bits per heavy atom. The van der Waals surface area contributed by atoms with Crippen LogP contribution in [0.5, 0.6) is 0 Å². The van der Waals surface area contributed by atoms with Crippen molar-refractivity contribution in [2.45, 2.75) is 0 Å². The Labute approximate surface area is 91.2 Å². The summed E-state index contributed by atoms with van der Waals surface area (Å²) >= 11 is 0. The Hall–Kier alpha value is -2.30. The number of aromatic nitrogens is 2. The fourth-order valence-corrected chi connectivity index (χ4v) is 1.14. The number of nitrogens with one attached hydrogen (secondary N) is 1. The van der Waals surface area contributed by atoms with E-state index < -0.39 is 5.95 Å². The highest BCUT2D eigenvalue weighted by Crippen LogP contribution is 2.05. The molecule has 0 fully saturated rings. The largest absolute Gasteiger partial charge is 0.307 e. The fraction of sp³-hybridized carbons (Fsp3) is 0. The Kier molecular flexibility index (Phi) is 2.86. The number of carbonyl (C=O) groups is 1. The summed E-state index contributed by atoms with van der Waals surface area (Å²) in [6.07, 6.45) is 2.74. The molecule has 2 aromatic heterocycles. The average Bonchev–Trinajstić information content (AvgIpc) is 2.31. The van der Waals surface area contributed by atoms with Crippen molar-refractivity contribution < 1.29 is 9.18 Å². The van der Waals surface area contributed by atoms with Gasteiger partial charge in [-0.3, -0.25) is 4.79 Å². The van der Waals surface area contributed by atoms with Crippen LogP contribution in [-0.2, 0) is 0 Å². The molecule has 0 saturated heterocycles. The summed E-state index contributed by atoms with van der Waals surface area (Å²) in [4.78, 5) is 18.9. The van der Waals surface area contributed by atoms with Crippen LogP contribution in [-0.4, -0.2) is 15.9 Å². The van der Waals surface area contributed by atoms with E-state index in [0.29, 0.717) is 5.82 Å². The number of rotatable bonds is 2. The molecule has 2 aromatic rings. The molecule has 0 aromatic carbocycles. The molecule has 80 valence electrons. The molecule has 0 aliphatic carbocycles. The van der Waals surface area contributed by atoms with Crippen molar-refractivity contribution >= 4 is 11.7 Å². The molecule has 0 bridgehead atoms. The second-order valence-corrected chi connectivity index (χ2v) is 3.04. The lowest BCUT2D eigenvalue weighted by Crippen LogP contribution is -2.13. The molecule has 1 amide bonds. The number of halogens is 1. The van der Waals surface area contributed by atoms with E-state index in [4.69, 9.17) is 0 Å². The van der Waals surface area contributed by atoms with Crippen LogP contribution in [0.3, 0.4) is 0 Å². The first kappa shape index (κ1) is 10.2. The van der Waals surface area contributed by atoms with Crippen molar-refractivity contribution in [3.63, 3.8) is 0 Å². The van der Waals surface area contributed by atoms with Crippen LogP contribution in [0.2, 0.25) is 0 Å². The standard InChI is InChI=1S/C11H8FN3O/c12-9-5-4-8(7-14-9)11(16)15-10-3-1-2-6-13-10/h1-7H,(H,13,15,16). The molecule has 0 spiro atoms. The summed E-state index contributed by atoms with van der Waals surface area (Å²) in [7, 11) is 0. The third kappa shape index (κ3) is 2.38. The Bertz CT molecular complexity index is 484. The summed E-state index contributed by atoms with van der Waals surface area (Å²) in [6, 6.07) is 7.66. The zero-order chi connectivity index (χ0) is 11.4. The average molecular weight is 217 g/mol. The third-order valence-corrected chi connectivity index (χ3v) is 1.90. The Balaban J connectivity index is 2.12. The zero-order valence-corrected chi connectivity index (χ0v) is 8.22. The van der Waals surface area contributed by atoms with Crippen molar-refractivity contribution in [1.29, 1.82) is 0 Å². The molecule has 4 nitrogen and oxygen atoms in total. The maximum Gasteiger partial charge on any atom is 0.258 e. The number of nitrogens with zero attached hydrogens (tertiary/aromatic N) is 2. The van der Waals surface area contributed by atoms with E-state index >= 15 is 0 Å². The first-order chi connectivity index (χ1) is 7.75. The molecule has 0 aliphatic rings. The van der Waals surface area contributed by atoms with Crippen molar-refractivity contribution in [1.82, 2.24) is 9.97 Å². The van der Waals surface area contributed by atoms with Crippen molar-refractivity contribution in [2.24, 2.45) is 0 Å². The maximum absolute atomic E-state index is 12.5. The lowest BCUT2D eigenvalue weighted by atomic mass is 10.2. The predicted molar refractivity (Wildman–Crippen MR) is 56.4 cm³/mol. The Morgan fingerprint density at radius 1 is 1.19 bits per heavy atom. The lowest BCUT2D eigenvalue weighted by molar-refractivity contribution is 0.102. The highest BCUT2D eigenvalue weighted by Gasteiger charge is 2.06. The molecule has 2 rings (SSSR count). The number of amides is 1. The summed E-state index contributed by atoms with van der Waals surface area (Å²) < 4.78 is 12.5. The molecule has 5 heteroatoms. The van der Waals surface area contributed by atoms with E-state index in [-0.39, 0.29) is 11.5 Å². The number of anilines is 1. The van der Waals surface area contributed by atoms with E-state index in [1.54, 1.807) is 24.4 Å². The van der Waals surface area contributed by atoms with Gasteiger partial charge in [0.1, 0.15) is 5.82 Å². The van der Waals surface area contributed by atoms with Crippen molar-refractivity contribution in [3.8, 4) is 0 Å². The molecule has 0 unspecified atom stereocenters. The van der Waals surface area contributed by atoms with Gasteiger partial charge in [-0.05, 0) is 24.3 Å². The van der Waals surface area contributed by atoms with E-state index in [0.717, 1.165) is 6.07 Å². The molecule has 0 aliphatic heterocycles. The second kappa shape index (κ2) is 4.48. The van der Waals surface area contributed by atoms with Gasteiger partial charge in [-0.25, -0.2) is 9.97 Å². The predicted octanol–water partition coefficient (Wildman–Crippen LogP) is 1.87. The van der Waals surface area contributed by atoms with Gasteiger partial charge in [-0.15, -0.1) is 0 Å². The topological polar surface area (TPSA) is 54.9 Å². The highest BCUT2D eigenvalue weighted by molar-refractivity contribution is 6.03. The van der Waals surface area contributed by atoms with Crippen LogP contribution in [0.1, 0.15) is 10.4 Å². The molecular formula is C11H8FN3O. The van der Waals surface area contributed by atoms with E-state index in [9.17, 15) is 9.18 Å². The van der Waals surface area contributed by atoms with Crippen LogP contribution in [0, 0.1) is 5.95 Å². The quantitative estimate of drug-likeness (QED) is 0.781. The zero-order valence-electron chi connectivity index (χ0n) is 8.22. The van der Waals surface area contributed by atoms with Gasteiger partial charge in [0.2, 0.25) is 5.95 Å². The van der Waals surface area contributed by atoms with Crippen LogP contribution in [0.15, 0.2) is 42.7 Å². The van der Waals surface area contributed by atoms with Crippen LogP contribution >= 0.6 is 0 Å². The van der Waals surface area contributed by atoms with E-state index in [1.165, 1.54) is 12.3 Å². The summed E-state index contributed by atoms with van der Waals surface area (Å²) in [5.74, 6) is -0.544.